The van der Waals surface area contributed by atoms with Crippen LogP contribution in [0.15, 0.2) is 16.6 Å². The molecule has 0 aromatic heterocycles. The third kappa shape index (κ3) is 3.89. The first-order valence-corrected chi connectivity index (χ1v) is 7.90. The molecule has 0 amide bonds. The number of hydrogen-bond donors (Lipinski definition) is 1. The predicted molar refractivity (Wildman–Crippen MR) is 87.7 cm³/mol. The number of halogens is 1. The Balaban J connectivity index is 3.30. The Morgan fingerprint density at radius 1 is 1.10 bits per heavy atom. The van der Waals surface area contributed by atoms with Crippen LogP contribution in [0.25, 0.3) is 0 Å². The summed E-state index contributed by atoms with van der Waals surface area (Å²) >= 11 is 3.51. The average Bonchev–Trinajstić information content (AvgIpc) is 2.43. The maximum absolute atomic E-state index is 5.56. The van der Waals surface area contributed by atoms with Gasteiger partial charge in [-0.05, 0) is 46.4 Å². The van der Waals surface area contributed by atoms with Gasteiger partial charge < -0.3 is 14.8 Å². The predicted octanol–water partition coefficient (Wildman–Crippen LogP) is 4.41. The quantitative estimate of drug-likeness (QED) is 0.795. The molecule has 1 N–H and O–H groups in total. The molecule has 1 aromatic carbocycles. The van der Waals surface area contributed by atoms with Crippen LogP contribution in [0, 0.1) is 11.8 Å². The minimum absolute atomic E-state index is 0.247. The number of ether oxygens (including phenoxy) is 2. The van der Waals surface area contributed by atoms with E-state index in [9.17, 15) is 0 Å². The van der Waals surface area contributed by atoms with Crippen LogP contribution in [0.4, 0.5) is 0 Å². The Hall–Kier alpha value is -0.740. The molecule has 1 rings (SSSR count). The average molecular weight is 344 g/mol. The summed E-state index contributed by atoms with van der Waals surface area (Å²) in [5.41, 5.74) is 1.15. The second-order valence-electron chi connectivity index (χ2n) is 5.37. The topological polar surface area (TPSA) is 30.5 Å². The summed E-state index contributed by atoms with van der Waals surface area (Å²) in [6.07, 6.45) is 0. The second-order valence-corrected chi connectivity index (χ2v) is 6.22. The number of nitrogens with one attached hydrogen (secondary N) is 1. The van der Waals surface area contributed by atoms with Gasteiger partial charge in [0.05, 0.1) is 18.7 Å². The van der Waals surface area contributed by atoms with Gasteiger partial charge in [0, 0.05) is 11.6 Å². The van der Waals surface area contributed by atoms with Crippen molar-refractivity contribution in [2.45, 2.75) is 33.7 Å². The van der Waals surface area contributed by atoms with Gasteiger partial charge in [-0.2, -0.15) is 0 Å². The van der Waals surface area contributed by atoms with Crippen LogP contribution in [0.2, 0.25) is 0 Å². The Morgan fingerprint density at radius 2 is 1.70 bits per heavy atom. The fourth-order valence-corrected chi connectivity index (χ4v) is 2.80. The molecule has 0 fully saturated rings. The zero-order valence-electron chi connectivity index (χ0n) is 13.3. The van der Waals surface area contributed by atoms with E-state index in [4.69, 9.17) is 9.47 Å². The third-order valence-electron chi connectivity index (χ3n) is 3.84. The van der Waals surface area contributed by atoms with Gasteiger partial charge >= 0.3 is 0 Å². The molecule has 0 aliphatic heterocycles. The number of methoxy groups -OCH3 is 2. The number of benzene rings is 1. The standard InChI is InChI=1S/C16H26BrNO2/c1-7-18-16(11(4)10(2)3)12-8-15(20-6)13(17)9-14(12)19-5/h8-11,16,18H,7H2,1-6H3. The highest BCUT2D eigenvalue weighted by Gasteiger charge is 2.25. The molecule has 3 nitrogen and oxygen atoms in total. The Bertz CT molecular complexity index is 435. The van der Waals surface area contributed by atoms with Crippen molar-refractivity contribution in [3.63, 3.8) is 0 Å². The Labute approximate surface area is 131 Å². The Kier molecular flexibility index (Phi) is 6.83. The van der Waals surface area contributed by atoms with Crippen molar-refractivity contribution < 1.29 is 9.47 Å². The molecule has 0 heterocycles. The van der Waals surface area contributed by atoms with Crippen molar-refractivity contribution in [1.82, 2.24) is 5.32 Å². The molecule has 0 radical (unpaired) electrons. The van der Waals surface area contributed by atoms with Crippen LogP contribution in [0.5, 0.6) is 11.5 Å². The van der Waals surface area contributed by atoms with Crippen molar-refractivity contribution in [1.29, 1.82) is 0 Å². The van der Waals surface area contributed by atoms with E-state index >= 15 is 0 Å². The first-order valence-electron chi connectivity index (χ1n) is 7.11. The number of rotatable bonds is 7. The van der Waals surface area contributed by atoms with Gasteiger partial charge in [-0.15, -0.1) is 0 Å². The van der Waals surface area contributed by atoms with E-state index in [1.807, 2.05) is 6.07 Å². The maximum atomic E-state index is 5.56. The van der Waals surface area contributed by atoms with Gasteiger partial charge in [0.2, 0.25) is 0 Å². The lowest BCUT2D eigenvalue weighted by molar-refractivity contribution is 0.296. The monoisotopic (exact) mass is 343 g/mol. The van der Waals surface area contributed by atoms with Gasteiger partial charge in [0.15, 0.2) is 0 Å². The highest BCUT2D eigenvalue weighted by molar-refractivity contribution is 9.10. The molecule has 1 aromatic rings. The highest BCUT2D eigenvalue weighted by Crippen LogP contribution is 2.39. The largest absolute Gasteiger partial charge is 0.496 e. The van der Waals surface area contributed by atoms with E-state index < -0.39 is 0 Å². The molecular formula is C16H26BrNO2. The molecule has 0 spiro atoms. The molecular weight excluding hydrogens is 318 g/mol. The molecule has 0 aliphatic rings. The van der Waals surface area contributed by atoms with E-state index in [2.05, 4.69) is 55.0 Å². The van der Waals surface area contributed by atoms with Gasteiger partial charge in [-0.1, -0.05) is 27.7 Å². The van der Waals surface area contributed by atoms with Crippen molar-refractivity contribution in [3.8, 4) is 11.5 Å². The first-order chi connectivity index (χ1) is 9.46. The molecule has 114 valence electrons. The van der Waals surface area contributed by atoms with Crippen LogP contribution in [0.3, 0.4) is 0 Å². The number of hydrogen-bond acceptors (Lipinski definition) is 3. The van der Waals surface area contributed by atoms with Crippen LogP contribution in [0.1, 0.15) is 39.3 Å². The molecule has 2 unspecified atom stereocenters. The summed E-state index contributed by atoms with van der Waals surface area (Å²) in [6, 6.07) is 4.29. The zero-order chi connectivity index (χ0) is 15.3. The van der Waals surface area contributed by atoms with Crippen LogP contribution in [-0.4, -0.2) is 20.8 Å². The van der Waals surface area contributed by atoms with Crippen molar-refractivity contribution in [3.05, 3.63) is 22.2 Å². The van der Waals surface area contributed by atoms with Gasteiger partial charge in [-0.25, -0.2) is 0 Å². The fourth-order valence-electron chi connectivity index (χ4n) is 2.31. The molecule has 20 heavy (non-hydrogen) atoms. The SMILES string of the molecule is CCNC(c1cc(OC)c(Br)cc1OC)C(C)C(C)C. The molecule has 0 saturated carbocycles. The molecule has 0 bridgehead atoms. The third-order valence-corrected chi connectivity index (χ3v) is 4.46. The van der Waals surface area contributed by atoms with Crippen LogP contribution >= 0.6 is 15.9 Å². The zero-order valence-corrected chi connectivity index (χ0v) is 14.9. The Morgan fingerprint density at radius 3 is 2.15 bits per heavy atom. The van der Waals surface area contributed by atoms with Crippen molar-refractivity contribution in [2.75, 3.05) is 20.8 Å². The molecule has 4 heteroatoms. The molecule has 0 saturated heterocycles. The van der Waals surface area contributed by atoms with Crippen LogP contribution < -0.4 is 14.8 Å². The van der Waals surface area contributed by atoms with E-state index in [0.717, 1.165) is 28.1 Å². The van der Waals surface area contributed by atoms with Gasteiger partial charge in [0.1, 0.15) is 11.5 Å². The summed E-state index contributed by atoms with van der Waals surface area (Å²) in [6.45, 7) is 9.81. The lowest BCUT2D eigenvalue weighted by Crippen LogP contribution is -2.29. The minimum Gasteiger partial charge on any atom is -0.496 e. The van der Waals surface area contributed by atoms with E-state index in [0.29, 0.717) is 11.8 Å². The van der Waals surface area contributed by atoms with Crippen LogP contribution in [-0.2, 0) is 0 Å². The lowest BCUT2D eigenvalue weighted by Gasteiger charge is -2.29. The minimum atomic E-state index is 0.247. The van der Waals surface area contributed by atoms with Gasteiger partial charge in [-0.3, -0.25) is 0 Å². The maximum Gasteiger partial charge on any atom is 0.133 e. The highest BCUT2D eigenvalue weighted by atomic mass is 79.9. The first kappa shape index (κ1) is 17.3. The van der Waals surface area contributed by atoms with Gasteiger partial charge in [0.25, 0.3) is 0 Å². The van der Waals surface area contributed by atoms with Crippen molar-refractivity contribution >= 4 is 15.9 Å². The molecule has 2 atom stereocenters. The summed E-state index contributed by atoms with van der Waals surface area (Å²) < 4.78 is 11.9. The summed E-state index contributed by atoms with van der Waals surface area (Å²) in [5, 5.41) is 3.57. The molecule has 0 aliphatic carbocycles. The summed E-state index contributed by atoms with van der Waals surface area (Å²) in [5.74, 6) is 2.80. The van der Waals surface area contributed by atoms with E-state index in [1.165, 1.54) is 0 Å². The summed E-state index contributed by atoms with van der Waals surface area (Å²) in [7, 11) is 3.39. The van der Waals surface area contributed by atoms with E-state index in [-0.39, 0.29) is 6.04 Å². The lowest BCUT2D eigenvalue weighted by atomic mass is 9.85. The summed E-state index contributed by atoms with van der Waals surface area (Å²) in [4.78, 5) is 0. The second kappa shape index (κ2) is 7.89. The normalized spacial score (nSPS) is 14.2. The van der Waals surface area contributed by atoms with E-state index in [1.54, 1.807) is 14.2 Å². The smallest absolute Gasteiger partial charge is 0.133 e. The fraction of sp³-hybridized carbons (Fsp3) is 0.625. The van der Waals surface area contributed by atoms with Crippen molar-refractivity contribution in [2.24, 2.45) is 11.8 Å².